The summed E-state index contributed by atoms with van der Waals surface area (Å²) < 4.78 is 18.9. The summed E-state index contributed by atoms with van der Waals surface area (Å²) in [6, 6.07) is 9.53. The standard InChI is InChI=1S/C14H12Cl2FNO/c15-11-1-2-13(16)14(6-11)19-8-10-3-9(7-18)4-12(17)5-10/h1-6H,7-8,18H2. The predicted octanol–water partition coefficient (Wildman–Crippen LogP) is 4.17. The second kappa shape index (κ2) is 6.24. The van der Waals surface area contributed by atoms with Crippen LogP contribution in [0.2, 0.25) is 10.0 Å². The molecule has 2 aromatic rings. The molecule has 0 saturated carbocycles. The van der Waals surface area contributed by atoms with E-state index in [2.05, 4.69) is 0 Å². The van der Waals surface area contributed by atoms with E-state index in [1.54, 1.807) is 24.3 Å². The minimum absolute atomic E-state index is 0.199. The third kappa shape index (κ3) is 3.83. The Labute approximate surface area is 120 Å². The highest BCUT2D eigenvalue weighted by Crippen LogP contribution is 2.28. The van der Waals surface area contributed by atoms with Crippen LogP contribution in [0.5, 0.6) is 5.75 Å². The summed E-state index contributed by atoms with van der Waals surface area (Å²) in [5.74, 6) is 0.131. The summed E-state index contributed by atoms with van der Waals surface area (Å²) >= 11 is 11.8. The molecule has 0 aromatic heterocycles. The van der Waals surface area contributed by atoms with Crippen molar-refractivity contribution in [1.82, 2.24) is 0 Å². The lowest BCUT2D eigenvalue weighted by Gasteiger charge is -2.09. The first-order valence-electron chi connectivity index (χ1n) is 5.65. The molecule has 2 N–H and O–H groups in total. The molecule has 2 aromatic carbocycles. The molecule has 0 aliphatic rings. The Hall–Kier alpha value is -1.29. The van der Waals surface area contributed by atoms with Crippen LogP contribution in [-0.2, 0) is 13.2 Å². The van der Waals surface area contributed by atoms with Gasteiger partial charge in [-0.05, 0) is 35.4 Å². The fraction of sp³-hybridized carbons (Fsp3) is 0.143. The average Bonchev–Trinajstić information content (AvgIpc) is 2.39. The van der Waals surface area contributed by atoms with Gasteiger partial charge in [0.25, 0.3) is 0 Å². The molecule has 0 bridgehead atoms. The molecule has 0 heterocycles. The lowest BCUT2D eigenvalue weighted by molar-refractivity contribution is 0.305. The van der Waals surface area contributed by atoms with Gasteiger partial charge in [-0.1, -0.05) is 29.3 Å². The van der Waals surface area contributed by atoms with Crippen molar-refractivity contribution in [2.45, 2.75) is 13.2 Å². The van der Waals surface area contributed by atoms with Crippen molar-refractivity contribution in [2.24, 2.45) is 5.73 Å². The van der Waals surface area contributed by atoms with E-state index in [1.165, 1.54) is 12.1 Å². The van der Waals surface area contributed by atoms with Crippen LogP contribution < -0.4 is 10.5 Å². The van der Waals surface area contributed by atoms with Gasteiger partial charge in [-0.25, -0.2) is 4.39 Å². The van der Waals surface area contributed by atoms with Crippen LogP contribution in [0.25, 0.3) is 0 Å². The summed E-state index contributed by atoms with van der Waals surface area (Å²) in [5, 5.41) is 0.987. The van der Waals surface area contributed by atoms with E-state index in [0.29, 0.717) is 21.4 Å². The van der Waals surface area contributed by atoms with Gasteiger partial charge in [0.15, 0.2) is 0 Å². The normalized spacial score (nSPS) is 10.5. The van der Waals surface area contributed by atoms with Crippen LogP contribution in [0.3, 0.4) is 0 Å². The molecular formula is C14H12Cl2FNO. The van der Waals surface area contributed by atoms with Crippen LogP contribution in [0, 0.1) is 5.82 Å². The maximum absolute atomic E-state index is 13.3. The summed E-state index contributed by atoms with van der Waals surface area (Å²) in [4.78, 5) is 0. The zero-order valence-corrected chi connectivity index (χ0v) is 11.5. The fourth-order valence-electron chi connectivity index (χ4n) is 1.67. The minimum Gasteiger partial charge on any atom is -0.487 e. The topological polar surface area (TPSA) is 35.2 Å². The first-order valence-corrected chi connectivity index (χ1v) is 6.40. The van der Waals surface area contributed by atoms with Gasteiger partial charge in [0, 0.05) is 17.6 Å². The SMILES string of the molecule is NCc1cc(F)cc(COc2cc(Cl)ccc2Cl)c1. The van der Waals surface area contributed by atoms with Gasteiger partial charge < -0.3 is 10.5 Å². The molecule has 0 saturated heterocycles. The number of hydrogen-bond donors (Lipinski definition) is 1. The van der Waals surface area contributed by atoms with Crippen molar-refractivity contribution in [2.75, 3.05) is 0 Å². The minimum atomic E-state index is -0.334. The van der Waals surface area contributed by atoms with Crippen LogP contribution in [-0.4, -0.2) is 0 Å². The van der Waals surface area contributed by atoms with E-state index in [9.17, 15) is 4.39 Å². The fourth-order valence-corrected chi connectivity index (χ4v) is 2.00. The monoisotopic (exact) mass is 299 g/mol. The average molecular weight is 300 g/mol. The van der Waals surface area contributed by atoms with Gasteiger partial charge in [-0.2, -0.15) is 0 Å². The molecule has 100 valence electrons. The number of ether oxygens (including phenoxy) is 1. The number of rotatable bonds is 4. The molecule has 0 radical (unpaired) electrons. The van der Waals surface area contributed by atoms with Crippen LogP contribution in [0.1, 0.15) is 11.1 Å². The Morgan fingerprint density at radius 2 is 1.79 bits per heavy atom. The number of benzene rings is 2. The Bertz CT molecular complexity index is 590. The Morgan fingerprint density at radius 1 is 1.05 bits per heavy atom. The molecule has 0 aliphatic heterocycles. The highest BCUT2D eigenvalue weighted by atomic mass is 35.5. The van der Waals surface area contributed by atoms with E-state index in [1.807, 2.05) is 0 Å². The lowest BCUT2D eigenvalue weighted by atomic mass is 10.1. The summed E-state index contributed by atoms with van der Waals surface area (Å²) in [6.45, 7) is 0.480. The molecule has 5 heteroatoms. The molecule has 0 atom stereocenters. The maximum Gasteiger partial charge on any atom is 0.139 e. The smallest absolute Gasteiger partial charge is 0.139 e. The van der Waals surface area contributed by atoms with Gasteiger partial charge in [0.05, 0.1) is 5.02 Å². The van der Waals surface area contributed by atoms with Crippen molar-refractivity contribution in [3.8, 4) is 5.75 Å². The van der Waals surface area contributed by atoms with Crippen molar-refractivity contribution in [3.05, 3.63) is 63.4 Å². The van der Waals surface area contributed by atoms with Crippen LogP contribution in [0.15, 0.2) is 36.4 Å². The van der Waals surface area contributed by atoms with Crippen molar-refractivity contribution < 1.29 is 9.13 Å². The lowest BCUT2D eigenvalue weighted by Crippen LogP contribution is -2.01. The van der Waals surface area contributed by atoms with E-state index in [4.69, 9.17) is 33.7 Å². The molecule has 0 unspecified atom stereocenters. The molecule has 19 heavy (non-hydrogen) atoms. The van der Waals surface area contributed by atoms with Crippen molar-refractivity contribution in [1.29, 1.82) is 0 Å². The van der Waals surface area contributed by atoms with Gasteiger partial charge in [0.2, 0.25) is 0 Å². The zero-order valence-electron chi connectivity index (χ0n) is 10.00. The first-order chi connectivity index (χ1) is 9.08. The number of halogens is 3. The van der Waals surface area contributed by atoms with Crippen LogP contribution >= 0.6 is 23.2 Å². The van der Waals surface area contributed by atoms with E-state index >= 15 is 0 Å². The summed E-state index contributed by atoms with van der Waals surface area (Å²) in [6.07, 6.45) is 0. The Kier molecular flexibility index (Phi) is 4.64. The van der Waals surface area contributed by atoms with E-state index in [-0.39, 0.29) is 19.0 Å². The van der Waals surface area contributed by atoms with Crippen molar-refractivity contribution in [3.63, 3.8) is 0 Å². The quantitative estimate of drug-likeness (QED) is 0.919. The maximum atomic E-state index is 13.3. The van der Waals surface area contributed by atoms with Gasteiger partial charge in [-0.3, -0.25) is 0 Å². The second-order valence-corrected chi connectivity index (χ2v) is 4.88. The summed E-state index contributed by atoms with van der Waals surface area (Å²) in [5.41, 5.74) is 6.90. The third-order valence-electron chi connectivity index (χ3n) is 2.54. The molecule has 2 nitrogen and oxygen atoms in total. The molecule has 0 aliphatic carbocycles. The molecule has 2 rings (SSSR count). The number of hydrogen-bond acceptors (Lipinski definition) is 2. The molecular weight excluding hydrogens is 288 g/mol. The predicted molar refractivity (Wildman–Crippen MR) is 75.1 cm³/mol. The number of nitrogens with two attached hydrogens (primary N) is 1. The third-order valence-corrected chi connectivity index (χ3v) is 3.09. The zero-order chi connectivity index (χ0) is 13.8. The van der Waals surface area contributed by atoms with E-state index in [0.717, 1.165) is 5.56 Å². The van der Waals surface area contributed by atoms with Crippen molar-refractivity contribution >= 4 is 23.2 Å². The Balaban J connectivity index is 2.14. The van der Waals surface area contributed by atoms with E-state index < -0.39 is 0 Å². The van der Waals surface area contributed by atoms with Gasteiger partial charge >= 0.3 is 0 Å². The van der Waals surface area contributed by atoms with Crippen LogP contribution in [0.4, 0.5) is 4.39 Å². The van der Waals surface area contributed by atoms with Gasteiger partial charge in [0.1, 0.15) is 18.2 Å². The molecule has 0 fully saturated rings. The summed E-state index contributed by atoms with van der Waals surface area (Å²) in [7, 11) is 0. The molecule has 0 amide bonds. The first kappa shape index (κ1) is 14.1. The largest absolute Gasteiger partial charge is 0.487 e. The highest BCUT2D eigenvalue weighted by molar-refractivity contribution is 6.34. The molecule has 0 spiro atoms. The second-order valence-electron chi connectivity index (χ2n) is 4.04. The van der Waals surface area contributed by atoms with Gasteiger partial charge in [-0.15, -0.1) is 0 Å². The highest BCUT2D eigenvalue weighted by Gasteiger charge is 2.05. The Morgan fingerprint density at radius 3 is 2.53 bits per heavy atom.